The Morgan fingerprint density at radius 3 is 2.16 bits per heavy atom. The minimum absolute atomic E-state index is 0.148. The first-order valence-electron chi connectivity index (χ1n) is 12.0. The molecule has 31 heavy (non-hydrogen) atoms. The Kier molecular flexibility index (Phi) is 5.63. The summed E-state index contributed by atoms with van der Waals surface area (Å²) in [7, 11) is 0. The van der Waals surface area contributed by atoms with Crippen LogP contribution < -0.4 is 5.73 Å². The number of carbonyl (C=O) groups is 1. The largest absolute Gasteiger partial charge is 0.368 e. The number of imidazole rings is 1. The number of rotatable bonds is 5. The summed E-state index contributed by atoms with van der Waals surface area (Å²) >= 11 is 1.72. The molecule has 2 aliphatic carbocycles. The van der Waals surface area contributed by atoms with Crippen molar-refractivity contribution in [3.63, 3.8) is 0 Å². The Hall–Kier alpha value is -2.14. The van der Waals surface area contributed by atoms with Gasteiger partial charge in [0.2, 0.25) is 5.91 Å². The van der Waals surface area contributed by atoms with E-state index in [1.807, 2.05) is 6.07 Å². The van der Waals surface area contributed by atoms with Crippen LogP contribution in [0.4, 0.5) is 0 Å². The van der Waals surface area contributed by atoms with E-state index in [-0.39, 0.29) is 17.7 Å². The molecule has 0 aliphatic heterocycles. The Labute approximate surface area is 188 Å². The average molecular weight is 436 g/mol. The van der Waals surface area contributed by atoms with Crippen LogP contribution >= 0.6 is 11.3 Å². The molecule has 2 fully saturated rings. The number of thiophene rings is 1. The minimum atomic E-state index is -0.706. The van der Waals surface area contributed by atoms with E-state index in [4.69, 9.17) is 10.7 Å². The van der Waals surface area contributed by atoms with E-state index in [2.05, 4.69) is 41.1 Å². The van der Waals surface area contributed by atoms with Gasteiger partial charge in [0.15, 0.2) is 5.82 Å². The summed E-state index contributed by atoms with van der Waals surface area (Å²) in [5.74, 6) is 1.34. The molecule has 5 rings (SSSR count). The third-order valence-corrected chi connectivity index (χ3v) is 8.86. The van der Waals surface area contributed by atoms with Crippen molar-refractivity contribution in [2.45, 2.75) is 76.7 Å². The highest BCUT2D eigenvalue weighted by Crippen LogP contribution is 2.51. The predicted molar refractivity (Wildman–Crippen MR) is 128 cm³/mol. The van der Waals surface area contributed by atoms with E-state index < -0.39 is 5.54 Å². The first-order chi connectivity index (χ1) is 15.1. The van der Waals surface area contributed by atoms with Crippen molar-refractivity contribution in [2.75, 3.05) is 0 Å². The SMILES string of the molecule is Cc1ccsc1-c1nc2ccccc2n1C(C(N)=O)(C1CCCCC1)C1CCCCC1. The normalized spacial score (nSPS) is 19.1. The Bertz CT molecular complexity index is 1050. The number of hydrogen-bond acceptors (Lipinski definition) is 3. The molecule has 2 saturated carbocycles. The third-order valence-electron chi connectivity index (χ3n) is 7.85. The molecule has 0 bridgehead atoms. The van der Waals surface area contributed by atoms with Gasteiger partial charge in [-0.1, -0.05) is 50.7 Å². The second-order valence-corrected chi connectivity index (χ2v) is 10.5. The number of aryl methyl sites for hydroxylation is 1. The summed E-state index contributed by atoms with van der Waals surface area (Å²) in [6, 6.07) is 10.5. The number of nitrogens with two attached hydrogens (primary N) is 1. The molecular weight excluding hydrogens is 402 g/mol. The van der Waals surface area contributed by atoms with E-state index in [1.165, 1.54) is 44.1 Å². The summed E-state index contributed by atoms with van der Waals surface area (Å²) in [4.78, 5) is 20.0. The fourth-order valence-corrected chi connectivity index (χ4v) is 7.36. The lowest BCUT2D eigenvalue weighted by Crippen LogP contribution is -2.58. The van der Waals surface area contributed by atoms with Crippen LogP contribution in [0.15, 0.2) is 35.7 Å². The summed E-state index contributed by atoms with van der Waals surface area (Å²) in [5.41, 5.74) is 9.02. The van der Waals surface area contributed by atoms with Gasteiger partial charge in [-0.3, -0.25) is 4.79 Å². The number of amides is 1. The van der Waals surface area contributed by atoms with Crippen molar-refractivity contribution >= 4 is 28.3 Å². The Morgan fingerprint density at radius 2 is 1.61 bits per heavy atom. The van der Waals surface area contributed by atoms with E-state index in [0.29, 0.717) is 0 Å². The van der Waals surface area contributed by atoms with Crippen molar-refractivity contribution in [3.8, 4) is 10.7 Å². The average Bonchev–Trinajstić information content (AvgIpc) is 3.39. The number of fused-ring (bicyclic) bond motifs is 1. The van der Waals surface area contributed by atoms with Crippen LogP contribution in [0.5, 0.6) is 0 Å². The predicted octanol–water partition coefficient (Wildman–Crippen LogP) is 6.41. The molecule has 3 aromatic rings. The van der Waals surface area contributed by atoms with Gasteiger partial charge in [0.05, 0.1) is 15.9 Å². The maximum atomic E-state index is 13.7. The zero-order valence-corrected chi connectivity index (χ0v) is 19.3. The smallest absolute Gasteiger partial charge is 0.244 e. The number of hydrogen-bond donors (Lipinski definition) is 1. The molecule has 0 saturated heterocycles. The molecule has 164 valence electrons. The lowest BCUT2D eigenvalue weighted by Gasteiger charge is -2.48. The van der Waals surface area contributed by atoms with E-state index in [9.17, 15) is 4.79 Å². The van der Waals surface area contributed by atoms with Crippen LogP contribution in [0.1, 0.15) is 69.8 Å². The standard InChI is InChI=1S/C26H33N3OS/c1-18-16-17-31-23(18)24-28-21-14-8-9-15-22(21)29(24)26(25(27)30,19-10-4-2-5-11-19)20-12-6-3-7-13-20/h8-9,14-17,19-20H,2-7,10-13H2,1H3,(H2,27,30). The van der Waals surface area contributed by atoms with Gasteiger partial charge in [0.25, 0.3) is 0 Å². The van der Waals surface area contributed by atoms with Crippen LogP contribution in [0.25, 0.3) is 21.7 Å². The number of carbonyl (C=O) groups excluding carboxylic acids is 1. The molecule has 2 aliphatic rings. The molecule has 1 aromatic carbocycles. The molecule has 0 atom stereocenters. The highest BCUT2D eigenvalue weighted by atomic mass is 32.1. The molecule has 1 amide bonds. The van der Waals surface area contributed by atoms with Gasteiger partial charge in [0.1, 0.15) is 5.54 Å². The number of aromatic nitrogens is 2. The lowest BCUT2D eigenvalue weighted by atomic mass is 9.63. The van der Waals surface area contributed by atoms with Gasteiger partial charge in [0, 0.05) is 0 Å². The van der Waals surface area contributed by atoms with Crippen LogP contribution in [0, 0.1) is 18.8 Å². The highest BCUT2D eigenvalue weighted by Gasteiger charge is 2.53. The third kappa shape index (κ3) is 3.32. The molecule has 2 N–H and O–H groups in total. The van der Waals surface area contributed by atoms with Gasteiger partial charge < -0.3 is 10.3 Å². The quantitative estimate of drug-likeness (QED) is 0.503. The summed E-state index contributed by atoms with van der Waals surface area (Å²) < 4.78 is 2.33. The van der Waals surface area contributed by atoms with Crippen molar-refractivity contribution < 1.29 is 4.79 Å². The molecule has 2 heterocycles. The number of para-hydroxylation sites is 2. The van der Waals surface area contributed by atoms with Crippen molar-refractivity contribution in [1.29, 1.82) is 0 Å². The Balaban J connectivity index is 1.84. The maximum Gasteiger partial charge on any atom is 0.244 e. The first-order valence-corrected chi connectivity index (χ1v) is 12.8. The highest BCUT2D eigenvalue weighted by molar-refractivity contribution is 7.13. The maximum absolute atomic E-state index is 13.7. The van der Waals surface area contributed by atoms with Gasteiger partial charge in [-0.05, 0) is 73.6 Å². The van der Waals surface area contributed by atoms with Crippen LogP contribution in [0.3, 0.4) is 0 Å². The van der Waals surface area contributed by atoms with E-state index in [1.54, 1.807) is 11.3 Å². The zero-order chi connectivity index (χ0) is 21.4. The number of primary amides is 1. The number of benzene rings is 1. The molecule has 5 heteroatoms. The zero-order valence-electron chi connectivity index (χ0n) is 18.5. The van der Waals surface area contributed by atoms with E-state index in [0.717, 1.165) is 47.4 Å². The van der Waals surface area contributed by atoms with Crippen molar-refractivity contribution in [2.24, 2.45) is 17.6 Å². The van der Waals surface area contributed by atoms with Gasteiger partial charge in [-0.2, -0.15) is 0 Å². The molecule has 0 unspecified atom stereocenters. The summed E-state index contributed by atoms with van der Waals surface area (Å²) in [6.45, 7) is 2.14. The molecular formula is C26H33N3OS. The minimum Gasteiger partial charge on any atom is -0.368 e. The topological polar surface area (TPSA) is 60.9 Å². The number of nitrogens with zero attached hydrogens (tertiary/aromatic N) is 2. The van der Waals surface area contributed by atoms with Crippen LogP contribution in [0.2, 0.25) is 0 Å². The molecule has 0 radical (unpaired) electrons. The lowest BCUT2D eigenvalue weighted by molar-refractivity contribution is -0.135. The molecule has 2 aromatic heterocycles. The monoisotopic (exact) mass is 435 g/mol. The fraction of sp³-hybridized carbons (Fsp3) is 0.538. The second-order valence-electron chi connectivity index (χ2n) is 9.55. The fourth-order valence-electron chi connectivity index (χ4n) is 6.45. The summed E-state index contributed by atoms with van der Waals surface area (Å²) in [6.07, 6.45) is 11.6. The van der Waals surface area contributed by atoms with Crippen molar-refractivity contribution in [1.82, 2.24) is 9.55 Å². The molecule has 0 spiro atoms. The van der Waals surface area contributed by atoms with Gasteiger partial charge in [-0.15, -0.1) is 11.3 Å². The van der Waals surface area contributed by atoms with Crippen LogP contribution in [-0.4, -0.2) is 15.5 Å². The van der Waals surface area contributed by atoms with Gasteiger partial charge >= 0.3 is 0 Å². The summed E-state index contributed by atoms with van der Waals surface area (Å²) in [5, 5.41) is 2.13. The Morgan fingerprint density at radius 1 is 1.00 bits per heavy atom. The second kappa shape index (κ2) is 8.42. The van der Waals surface area contributed by atoms with E-state index >= 15 is 0 Å². The molecule has 4 nitrogen and oxygen atoms in total. The van der Waals surface area contributed by atoms with Crippen molar-refractivity contribution in [3.05, 3.63) is 41.3 Å². The van der Waals surface area contributed by atoms with Crippen LogP contribution in [-0.2, 0) is 10.3 Å². The van der Waals surface area contributed by atoms with Gasteiger partial charge in [-0.25, -0.2) is 4.98 Å². The first kappa shape index (κ1) is 20.7.